The number of anilines is 1. The summed E-state index contributed by atoms with van der Waals surface area (Å²) in [6.45, 7) is 2.01. The fraction of sp³-hybridized carbons (Fsp3) is 0.200. The third-order valence-electron chi connectivity index (χ3n) is 7.79. The van der Waals surface area contributed by atoms with Crippen LogP contribution >= 0.6 is 23.4 Å². The standard InChI is InChI=1S/C35H31ClN2O2S/c36-30-10-6-9-28(22-30)24-38-31-11-4-5-12-32(31)41-33(35(38)40)23-26-13-15-29(16-14-26)34(39)37-19-17-27(18-20-37)21-25-7-2-1-3-8-25/h1-16,22-23,27H,17-21,24H2/b33-23+. The molecule has 0 atom stereocenters. The molecule has 0 aromatic heterocycles. The zero-order chi connectivity index (χ0) is 28.2. The fourth-order valence-electron chi connectivity index (χ4n) is 5.58. The van der Waals surface area contributed by atoms with Crippen LogP contribution in [-0.2, 0) is 17.8 Å². The van der Waals surface area contributed by atoms with Gasteiger partial charge in [-0.25, -0.2) is 0 Å². The molecule has 0 aliphatic carbocycles. The molecular formula is C35H31ClN2O2S. The van der Waals surface area contributed by atoms with Crippen LogP contribution in [0.2, 0.25) is 5.02 Å². The van der Waals surface area contributed by atoms with Gasteiger partial charge >= 0.3 is 0 Å². The summed E-state index contributed by atoms with van der Waals surface area (Å²) in [5.74, 6) is 0.642. The third-order valence-corrected chi connectivity index (χ3v) is 9.10. The molecule has 1 saturated heterocycles. The number of benzene rings is 4. The van der Waals surface area contributed by atoms with E-state index >= 15 is 0 Å². The van der Waals surface area contributed by atoms with Gasteiger partial charge in [0.15, 0.2) is 0 Å². The molecule has 2 amide bonds. The zero-order valence-electron chi connectivity index (χ0n) is 22.7. The summed E-state index contributed by atoms with van der Waals surface area (Å²) in [5.41, 5.74) is 4.81. The Hall–Kier alpha value is -3.80. The number of carbonyl (C=O) groups excluding carboxylic acids is 2. The molecule has 0 unspecified atom stereocenters. The second-order valence-electron chi connectivity index (χ2n) is 10.6. The fourth-order valence-corrected chi connectivity index (χ4v) is 6.85. The molecular weight excluding hydrogens is 548 g/mol. The summed E-state index contributed by atoms with van der Waals surface area (Å²) in [6, 6.07) is 33.8. The lowest BCUT2D eigenvalue weighted by Gasteiger charge is -2.32. The Morgan fingerprint density at radius 1 is 0.854 bits per heavy atom. The van der Waals surface area contributed by atoms with Crippen LogP contribution in [0.5, 0.6) is 0 Å². The second-order valence-corrected chi connectivity index (χ2v) is 12.2. The van der Waals surface area contributed by atoms with Crippen LogP contribution in [-0.4, -0.2) is 29.8 Å². The smallest absolute Gasteiger partial charge is 0.265 e. The van der Waals surface area contributed by atoms with Gasteiger partial charge in [-0.3, -0.25) is 9.59 Å². The highest BCUT2D eigenvalue weighted by Gasteiger charge is 2.29. The molecule has 6 rings (SSSR count). The van der Waals surface area contributed by atoms with Gasteiger partial charge in [-0.2, -0.15) is 0 Å². The number of carbonyl (C=O) groups is 2. The molecule has 4 aromatic rings. The number of likely N-dealkylation sites (tertiary alicyclic amines) is 1. The Morgan fingerprint density at radius 3 is 2.32 bits per heavy atom. The Balaban J connectivity index is 1.13. The van der Waals surface area contributed by atoms with E-state index in [0.29, 0.717) is 28.0 Å². The lowest BCUT2D eigenvalue weighted by molar-refractivity contribution is -0.114. The first-order valence-electron chi connectivity index (χ1n) is 14.0. The van der Waals surface area contributed by atoms with Gasteiger partial charge in [-0.1, -0.05) is 90.1 Å². The van der Waals surface area contributed by atoms with E-state index < -0.39 is 0 Å². The van der Waals surface area contributed by atoms with Gasteiger partial charge in [-0.15, -0.1) is 0 Å². The Kier molecular flexibility index (Phi) is 8.26. The predicted molar refractivity (Wildman–Crippen MR) is 168 cm³/mol. The number of rotatable bonds is 6. The molecule has 1 fully saturated rings. The average molecular weight is 579 g/mol. The van der Waals surface area contributed by atoms with Gasteiger partial charge in [-0.05, 0) is 84.3 Å². The molecule has 41 heavy (non-hydrogen) atoms. The maximum absolute atomic E-state index is 13.6. The van der Waals surface area contributed by atoms with Crippen LogP contribution in [0.15, 0.2) is 113 Å². The number of fused-ring (bicyclic) bond motifs is 1. The summed E-state index contributed by atoms with van der Waals surface area (Å²) in [6.07, 6.45) is 5.04. The van der Waals surface area contributed by atoms with Crippen molar-refractivity contribution in [3.8, 4) is 0 Å². The predicted octanol–water partition coefficient (Wildman–Crippen LogP) is 8.11. The van der Waals surface area contributed by atoms with E-state index in [-0.39, 0.29) is 11.8 Å². The number of amides is 2. The molecule has 0 bridgehead atoms. The number of nitrogens with zero attached hydrogens (tertiary/aromatic N) is 2. The van der Waals surface area contributed by atoms with Crippen molar-refractivity contribution >= 4 is 46.9 Å². The van der Waals surface area contributed by atoms with Crippen LogP contribution in [0.3, 0.4) is 0 Å². The minimum absolute atomic E-state index is 0.0489. The topological polar surface area (TPSA) is 40.6 Å². The highest BCUT2D eigenvalue weighted by atomic mass is 35.5. The summed E-state index contributed by atoms with van der Waals surface area (Å²) in [7, 11) is 0. The maximum atomic E-state index is 13.6. The third kappa shape index (κ3) is 6.42. The summed E-state index contributed by atoms with van der Waals surface area (Å²) >= 11 is 7.69. The van der Waals surface area contributed by atoms with Crippen LogP contribution < -0.4 is 4.90 Å². The largest absolute Gasteiger partial charge is 0.339 e. The summed E-state index contributed by atoms with van der Waals surface area (Å²) in [4.78, 5) is 32.3. The van der Waals surface area contributed by atoms with Crippen LogP contribution in [0.25, 0.3) is 6.08 Å². The Bertz CT molecular complexity index is 1580. The molecule has 2 heterocycles. The van der Waals surface area contributed by atoms with Gasteiger partial charge in [0.1, 0.15) is 0 Å². The highest BCUT2D eigenvalue weighted by Crippen LogP contribution is 2.42. The van der Waals surface area contributed by atoms with E-state index in [9.17, 15) is 9.59 Å². The second kappa shape index (κ2) is 12.4. The Labute approximate surface area is 250 Å². The van der Waals surface area contributed by atoms with E-state index in [4.69, 9.17) is 11.6 Å². The van der Waals surface area contributed by atoms with Crippen molar-refractivity contribution in [2.45, 2.75) is 30.7 Å². The zero-order valence-corrected chi connectivity index (χ0v) is 24.3. The van der Waals surface area contributed by atoms with Crippen LogP contribution in [0.1, 0.15) is 39.9 Å². The monoisotopic (exact) mass is 578 g/mol. The van der Waals surface area contributed by atoms with Gasteiger partial charge < -0.3 is 9.80 Å². The minimum Gasteiger partial charge on any atom is -0.339 e. The first-order chi connectivity index (χ1) is 20.0. The number of piperidine rings is 1. The van der Waals surface area contributed by atoms with Crippen molar-refractivity contribution in [1.29, 1.82) is 0 Å². The van der Waals surface area contributed by atoms with Crippen molar-refractivity contribution in [1.82, 2.24) is 4.90 Å². The number of halogens is 1. The van der Waals surface area contributed by atoms with Crippen molar-refractivity contribution < 1.29 is 9.59 Å². The van der Waals surface area contributed by atoms with E-state index in [1.54, 1.807) is 0 Å². The maximum Gasteiger partial charge on any atom is 0.265 e. The van der Waals surface area contributed by atoms with E-state index in [2.05, 4.69) is 30.3 Å². The molecule has 206 valence electrons. The SMILES string of the molecule is O=C(c1ccc(/C=C2/Sc3ccccc3N(Cc3cccc(Cl)c3)C2=O)cc1)N1CCC(Cc2ccccc2)CC1. The number of para-hydroxylation sites is 1. The normalized spacial score (nSPS) is 16.6. The molecule has 4 aromatic carbocycles. The first kappa shape index (κ1) is 27.4. The lowest BCUT2D eigenvalue weighted by Crippen LogP contribution is -2.38. The minimum atomic E-state index is -0.0489. The van der Waals surface area contributed by atoms with E-state index in [1.165, 1.54) is 17.3 Å². The summed E-state index contributed by atoms with van der Waals surface area (Å²) in [5, 5.41) is 0.650. The number of hydrogen-bond donors (Lipinski definition) is 0. The molecule has 0 N–H and O–H groups in total. The summed E-state index contributed by atoms with van der Waals surface area (Å²) < 4.78 is 0. The quantitative estimate of drug-likeness (QED) is 0.217. The van der Waals surface area contributed by atoms with Gasteiger partial charge in [0.2, 0.25) is 0 Å². The molecule has 0 spiro atoms. The Morgan fingerprint density at radius 2 is 1.56 bits per heavy atom. The van der Waals surface area contributed by atoms with Gasteiger partial charge in [0, 0.05) is 28.6 Å². The molecule has 6 heteroatoms. The lowest BCUT2D eigenvalue weighted by atomic mass is 9.90. The van der Waals surface area contributed by atoms with Crippen molar-refractivity contribution in [2.75, 3.05) is 18.0 Å². The van der Waals surface area contributed by atoms with E-state index in [0.717, 1.165) is 54.1 Å². The van der Waals surface area contributed by atoms with Gasteiger partial charge in [0.05, 0.1) is 17.1 Å². The molecule has 4 nitrogen and oxygen atoms in total. The highest BCUT2D eigenvalue weighted by molar-refractivity contribution is 8.04. The molecule has 0 saturated carbocycles. The molecule has 2 aliphatic heterocycles. The van der Waals surface area contributed by atoms with E-state index in [1.807, 2.05) is 88.7 Å². The molecule has 0 radical (unpaired) electrons. The van der Waals surface area contributed by atoms with Crippen molar-refractivity contribution in [3.63, 3.8) is 0 Å². The average Bonchev–Trinajstić information content (AvgIpc) is 3.00. The van der Waals surface area contributed by atoms with Crippen molar-refractivity contribution in [3.05, 3.63) is 135 Å². The molecule has 2 aliphatic rings. The van der Waals surface area contributed by atoms with Crippen LogP contribution in [0, 0.1) is 5.92 Å². The number of thioether (sulfide) groups is 1. The van der Waals surface area contributed by atoms with Crippen molar-refractivity contribution in [2.24, 2.45) is 5.92 Å². The van der Waals surface area contributed by atoms with Crippen LogP contribution in [0.4, 0.5) is 5.69 Å². The van der Waals surface area contributed by atoms with Gasteiger partial charge in [0.25, 0.3) is 11.8 Å². The first-order valence-corrected chi connectivity index (χ1v) is 15.2. The number of hydrogen-bond acceptors (Lipinski definition) is 3.